The van der Waals surface area contributed by atoms with Crippen molar-refractivity contribution in [1.82, 2.24) is 20.0 Å². The molecule has 1 aromatic heterocycles. The Labute approximate surface area is 143 Å². The quantitative estimate of drug-likeness (QED) is 0.929. The number of aromatic amines is 1. The lowest BCUT2D eigenvalue weighted by Gasteiger charge is -2.34. The Bertz CT molecular complexity index is 686. The van der Waals surface area contributed by atoms with Crippen LogP contribution >= 0.6 is 0 Å². The molecule has 0 saturated carbocycles. The largest absolute Gasteiger partial charge is 0.369 e. The second kappa shape index (κ2) is 7.05. The summed E-state index contributed by atoms with van der Waals surface area (Å²) < 4.78 is 0. The third-order valence-corrected chi connectivity index (χ3v) is 4.67. The summed E-state index contributed by atoms with van der Waals surface area (Å²) in [5.41, 5.74) is 3.95. The Morgan fingerprint density at radius 3 is 2.46 bits per heavy atom. The van der Waals surface area contributed by atoms with E-state index in [0.29, 0.717) is 6.54 Å². The number of aromatic nitrogens is 2. The Morgan fingerprint density at radius 2 is 1.88 bits per heavy atom. The van der Waals surface area contributed by atoms with Crippen LogP contribution < -0.4 is 4.90 Å². The van der Waals surface area contributed by atoms with Gasteiger partial charge in [-0.15, -0.1) is 0 Å². The van der Waals surface area contributed by atoms with Crippen LogP contribution in [0, 0.1) is 6.92 Å². The van der Waals surface area contributed by atoms with E-state index in [9.17, 15) is 4.79 Å². The lowest BCUT2D eigenvalue weighted by Crippen LogP contribution is -2.44. The van der Waals surface area contributed by atoms with Gasteiger partial charge in [0.2, 0.25) is 0 Å². The summed E-state index contributed by atoms with van der Waals surface area (Å²) in [7, 11) is 3.97. The summed E-state index contributed by atoms with van der Waals surface area (Å²) >= 11 is 0. The lowest BCUT2D eigenvalue weighted by atomic mass is 10.1. The molecule has 1 aliphatic heterocycles. The van der Waals surface area contributed by atoms with E-state index >= 15 is 0 Å². The maximum atomic E-state index is 12.6. The molecule has 0 spiro atoms. The van der Waals surface area contributed by atoms with E-state index < -0.39 is 0 Å². The third kappa shape index (κ3) is 3.59. The predicted molar refractivity (Wildman–Crippen MR) is 95.3 cm³/mol. The number of rotatable bonds is 4. The molecule has 24 heavy (non-hydrogen) atoms. The van der Waals surface area contributed by atoms with E-state index in [4.69, 9.17) is 0 Å². The van der Waals surface area contributed by atoms with Gasteiger partial charge in [-0.2, -0.15) is 5.10 Å². The van der Waals surface area contributed by atoms with Crippen LogP contribution in [-0.4, -0.2) is 66.2 Å². The van der Waals surface area contributed by atoms with Crippen molar-refractivity contribution in [2.24, 2.45) is 0 Å². The van der Waals surface area contributed by atoms with Gasteiger partial charge >= 0.3 is 0 Å². The number of piperazine rings is 1. The highest BCUT2D eigenvalue weighted by molar-refractivity contribution is 5.94. The zero-order chi connectivity index (χ0) is 17.1. The number of amides is 1. The molecule has 3 rings (SSSR count). The Hall–Kier alpha value is -2.34. The van der Waals surface area contributed by atoms with Gasteiger partial charge < -0.3 is 14.7 Å². The van der Waals surface area contributed by atoms with Gasteiger partial charge in [-0.1, -0.05) is 0 Å². The van der Waals surface area contributed by atoms with Gasteiger partial charge in [0.25, 0.3) is 5.91 Å². The van der Waals surface area contributed by atoms with Crippen LogP contribution in [-0.2, 0) is 6.54 Å². The van der Waals surface area contributed by atoms with Gasteiger partial charge in [-0.25, -0.2) is 0 Å². The monoisotopic (exact) mass is 327 g/mol. The number of hydrogen-bond acceptors (Lipinski definition) is 4. The van der Waals surface area contributed by atoms with E-state index in [2.05, 4.69) is 39.2 Å². The van der Waals surface area contributed by atoms with Crippen LogP contribution in [0.2, 0.25) is 0 Å². The number of likely N-dealkylation sites (N-methyl/N-ethyl adjacent to an activating group) is 1. The molecule has 2 heterocycles. The number of aryl methyl sites for hydroxylation is 1. The number of nitrogens with zero attached hydrogens (tertiary/aromatic N) is 4. The molecule has 2 aromatic rings. The molecule has 6 heteroatoms. The van der Waals surface area contributed by atoms with E-state index in [1.807, 2.05) is 26.1 Å². The summed E-state index contributed by atoms with van der Waals surface area (Å²) in [6.07, 6.45) is 1.77. The highest BCUT2D eigenvalue weighted by Gasteiger charge is 2.16. The molecular weight excluding hydrogens is 302 g/mol. The third-order valence-electron chi connectivity index (χ3n) is 4.67. The van der Waals surface area contributed by atoms with Gasteiger partial charge in [0, 0.05) is 62.3 Å². The Kier molecular flexibility index (Phi) is 4.85. The van der Waals surface area contributed by atoms with E-state index in [0.717, 1.165) is 43.0 Å². The molecule has 1 saturated heterocycles. The van der Waals surface area contributed by atoms with Crippen molar-refractivity contribution in [3.05, 3.63) is 47.3 Å². The predicted octanol–water partition coefficient (Wildman–Crippen LogP) is 1.74. The molecule has 0 bridgehead atoms. The minimum absolute atomic E-state index is 0.0283. The average molecular weight is 327 g/mol. The number of anilines is 1. The summed E-state index contributed by atoms with van der Waals surface area (Å²) in [6, 6.07) is 7.95. The van der Waals surface area contributed by atoms with Crippen molar-refractivity contribution in [1.29, 1.82) is 0 Å². The van der Waals surface area contributed by atoms with Crippen LogP contribution in [0.5, 0.6) is 0 Å². The van der Waals surface area contributed by atoms with Crippen LogP contribution in [0.4, 0.5) is 5.69 Å². The fourth-order valence-electron chi connectivity index (χ4n) is 2.96. The van der Waals surface area contributed by atoms with E-state index in [1.165, 1.54) is 5.69 Å². The van der Waals surface area contributed by atoms with Crippen molar-refractivity contribution in [3.8, 4) is 0 Å². The van der Waals surface area contributed by atoms with Gasteiger partial charge in [0.15, 0.2) is 0 Å². The van der Waals surface area contributed by atoms with Crippen molar-refractivity contribution < 1.29 is 4.79 Å². The molecule has 0 atom stereocenters. The maximum Gasteiger partial charge on any atom is 0.253 e. The SMILES string of the molecule is Cc1[nH]ncc1CN(C)C(=O)c1ccc(N2CCN(C)CC2)cc1. The van der Waals surface area contributed by atoms with Crippen LogP contribution in [0.3, 0.4) is 0 Å². The zero-order valence-corrected chi connectivity index (χ0v) is 14.6. The molecule has 1 aromatic carbocycles. The molecule has 1 N–H and O–H groups in total. The van der Waals surface area contributed by atoms with Crippen molar-refractivity contribution >= 4 is 11.6 Å². The lowest BCUT2D eigenvalue weighted by molar-refractivity contribution is 0.0785. The van der Waals surface area contributed by atoms with Gasteiger partial charge in [0.1, 0.15) is 0 Å². The molecule has 128 valence electrons. The first-order valence-corrected chi connectivity index (χ1v) is 8.32. The second-order valence-electron chi connectivity index (χ2n) is 6.52. The first-order chi connectivity index (χ1) is 11.5. The van der Waals surface area contributed by atoms with Crippen molar-refractivity contribution in [2.45, 2.75) is 13.5 Å². The molecule has 1 aliphatic rings. The summed E-state index contributed by atoms with van der Waals surface area (Å²) in [5.74, 6) is 0.0283. The minimum Gasteiger partial charge on any atom is -0.369 e. The van der Waals surface area contributed by atoms with Crippen molar-refractivity contribution in [3.63, 3.8) is 0 Å². The molecule has 0 aliphatic carbocycles. The normalized spacial score (nSPS) is 15.5. The molecule has 6 nitrogen and oxygen atoms in total. The first kappa shape index (κ1) is 16.5. The Balaban J connectivity index is 1.64. The maximum absolute atomic E-state index is 12.6. The molecule has 0 radical (unpaired) electrons. The number of H-pyrrole nitrogens is 1. The fourth-order valence-corrected chi connectivity index (χ4v) is 2.96. The molecule has 1 amide bonds. The number of carbonyl (C=O) groups is 1. The number of carbonyl (C=O) groups excluding carboxylic acids is 1. The second-order valence-corrected chi connectivity index (χ2v) is 6.52. The molecular formula is C18H25N5O. The van der Waals surface area contributed by atoms with Gasteiger partial charge in [0.05, 0.1) is 6.20 Å². The van der Waals surface area contributed by atoms with E-state index in [1.54, 1.807) is 11.1 Å². The summed E-state index contributed by atoms with van der Waals surface area (Å²) in [4.78, 5) is 19.0. The van der Waals surface area contributed by atoms with Crippen molar-refractivity contribution in [2.75, 3.05) is 45.2 Å². The standard InChI is InChI=1S/C18H25N5O/c1-14-16(12-19-20-14)13-22(3)18(24)15-4-6-17(7-5-15)23-10-8-21(2)9-11-23/h4-7,12H,8-11,13H2,1-3H3,(H,19,20). The fraction of sp³-hybridized carbons (Fsp3) is 0.444. The van der Waals surface area contributed by atoms with Crippen LogP contribution in [0.15, 0.2) is 30.5 Å². The van der Waals surface area contributed by atoms with Crippen LogP contribution in [0.25, 0.3) is 0 Å². The highest BCUT2D eigenvalue weighted by Crippen LogP contribution is 2.18. The average Bonchev–Trinajstić information content (AvgIpc) is 3.00. The van der Waals surface area contributed by atoms with Gasteiger partial charge in [-0.05, 0) is 38.2 Å². The first-order valence-electron chi connectivity index (χ1n) is 8.32. The smallest absolute Gasteiger partial charge is 0.253 e. The minimum atomic E-state index is 0.0283. The number of nitrogens with one attached hydrogen (secondary N) is 1. The zero-order valence-electron chi connectivity index (χ0n) is 14.6. The number of benzene rings is 1. The topological polar surface area (TPSA) is 55.5 Å². The Morgan fingerprint density at radius 1 is 1.21 bits per heavy atom. The molecule has 0 unspecified atom stereocenters. The highest BCUT2D eigenvalue weighted by atomic mass is 16.2. The van der Waals surface area contributed by atoms with Gasteiger partial charge in [-0.3, -0.25) is 9.89 Å². The number of hydrogen-bond donors (Lipinski definition) is 1. The summed E-state index contributed by atoms with van der Waals surface area (Å²) in [5, 5.41) is 6.91. The summed E-state index contributed by atoms with van der Waals surface area (Å²) in [6.45, 7) is 6.74. The molecule has 1 fully saturated rings. The van der Waals surface area contributed by atoms with Crippen LogP contribution in [0.1, 0.15) is 21.6 Å². The van der Waals surface area contributed by atoms with E-state index in [-0.39, 0.29) is 5.91 Å².